The first-order valence-electron chi connectivity index (χ1n) is 7.46. The third-order valence-electron chi connectivity index (χ3n) is 3.48. The fourth-order valence-electron chi connectivity index (χ4n) is 2.12. The molecule has 0 aromatic heterocycles. The van der Waals surface area contributed by atoms with Gasteiger partial charge >= 0.3 is 5.97 Å². The van der Waals surface area contributed by atoms with Crippen molar-refractivity contribution in [3.05, 3.63) is 64.4 Å². The van der Waals surface area contributed by atoms with Crippen molar-refractivity contribution in [1.82, 2.24) is 5.32 Å². The third kappa shape index (κ3) is 5.19. The first-order valence-corrected chi connectivity index (χ1v) is 7.84. The monoisotopic (exact) mass is 365 g/mol. The van der Waals surface area contributed by atoms with Crippen molar-refractivity contribution >= 4 is 23.5 Å². The number of ether oxygens (including phenoxy) is 2. The molecule has 0 fully saturated rings. The summed E-state index contributed by atoms with van der Waals surface area (Å²) >= 11 is 5.78. The molecule has 1 amide bonds. The lowest BCUT2D eigenvalue weighted by molar-refractivity contribution is -0.124. The van der Waals surface area contributed by atoms with Crippen LogP contribution in [-0.2, 0) is 9.53 Å². The van der Waals surface area contributed by atoms with Crippen LogP contribution in [0.15, 0.2) is 42.5 Å². The van der Waals surface area contributed by atoms with Crippen LogP contribution in [0.25, 0.3) is 0 Å². The molecule has 0 saturated heterocycles. The molecule has 0 bridgehead atoms. The summed E-state index contributed by atoms with van der Waals surface area (Å²) in [6, 6.07) is 10.3. The first kappa shape index (κ1) is 18.7. The van der Waals surface area contributed by atoms with Gasteiger partial charge in [0.25, 0.3) is 5.91 Å². The van der Waals surface area contributed by atoms with Gasteiger partial charge in [0.2, 0.25) is 0 Å². The molecule has 1 atom stereocenters. The predicted octanol–water partition coefficient (Wildman–Crippen LogP) is 3.52. The minimum Gasteiger partial charge on any atom is -0.497 e. The van der Waals surface area contributed by atoms with Gasteiger partial charge in [-0.3, -0.25) is 4.79 Å². The predicted molar refractivity (Wildman–Crippen MR) is 91.2 cm³/mol. The Bertz CT molecular complexity index is 764. The summed E-state index contributed by atoms with van der Waals surface area (Å²) in [6.07, 6.45) is 0. The number of nitrogens with one attached hydrogen (secondary N) is 1. The number of carbonyl (C=O) groups is 2. The number of amides is 1. The number of halogens is 2. The van der Waals surface area contributed by atoms with Crippen LogP contribution in [0, 0.1) is 5.82 Å². The fourth-order valence-corrected chi connectivity index (χ4v) is 2.37. The van der Waals surface area contributed by atoms with E-state index in [0.717, 1.165) is 17.7 Å². The maximum atomic E-state index is 13.0. The fraction of sp³-hybridized carbons (Fsp3) is 0.222. The maximum Gasteiger partial charge on any atom is 0.340 e. The molecule has 0 spiro atoms. The van der Waals surface area contributed by atoms with Crippen LogP contribution in [0.2, 0.25) is 5.02 Å². The number of hydrogen-bond donors (Lipinski definition) is 1. The van der Waals surface area contributed by atoms with Crippen LogP contribution < -0.4 is 10.1 Å². The van der Waals surface area contributed by atoms with Crippen molar-refractivity contribution in [2.45, 2.75) is 13.0 Å². The largest absolute Gasteiger partial charge is 0.497 e. The smallest absolute Gasteiger partial charge is 0.340 e. The van der Waals surface area contributed by atoms with Crippen molar-refractivity contribution in [2.24, 2.45) is 0 Å². The normalized spacial score (nSPS) is 11.5. The Labute approximate surface area is 149 Å². The topological polar surface area (TPSA) is 64.6 Å². The first-order chi connectivity index (χ1) is 11.9. The number of benzene rings is 2. The summed E-state index contributed by atoms with van der Waals surface area (Å²) in [7, 11) is 1.57. The zero-order chi connectivity index (χ0) is 18.4. The highest BCUT2D eigenvalue weighted by Gasteiger charge is 2.16. The van der Waals surface area contributed by atoms with E-state index in [2.05, 4.69) is 5.32 Å². The Balaban J connectivity index is 1.87. The van der Waals surface area contributed by atoms with Crippen LogP contribution in [0.4, 0.5) is 4.39 Å². The van der Waals surface area contributed by atoms with Gasteiger partial charge < -0.3 is 14.8 Å². The summed E-state index contributed by atoms with van der Waals surface area (Å²) in [5, 5.41) is 2.64. The standard InChI is InChI=1S/C18H17ClFNO4/c1-11(12-3-6-14(24-2)7-4-12)21-17(22)10-25-18(23)15-8-5-13(20)9-16(15)19/h3-9,11H,10H2,1-2H3,(H,21,22)/t11-/m1/s1. The molecule has 0 radical (unpaired) electrons. The van der Waals surface area contributed by atoms with Crippen molar-refractivity contribution < 1.29 is 23.5 Å². The van der Waals surface area contributed by atoms with E-state index in [1.807, 2.05) is 12.1 Å². The van der Waals surface area contributed by atoms with Gasteiger partial charge in [0.1, 0.15) is 11.6 Å². The van der Waals surface area contributed by atoms with Gasteiger partial charge in [0.05, 0.1) is 23.7 Å². The lowest BCUT2D eigenvalue weighted by atomic mass is 10.1. The summed E-state index contributed by atoms with van der Waals surface area (Å²) in [5.41, 5.74) is 0.876. The summed E-state index contributed by atoms with van der Waals surface area (Å²) in [6.45, 7) is 1.34. The van der Waals surface area contributed by atoms with Gasteiger partial charge in [0.15, 0.2) is 6.61 Å². The molecule has 1 N–H and O–H groups in total. The third-order valence-corrected chi connectivity index (χ3v) is 3.79. The second-order valence-electron chi connectivity index (χ2n) is 5.26. The van der Waals surface area contributed by atoms with Crippen molar-refractivity contribution in [3.63, 3.8) is 0 Å². The van der Waals surface area contributed by atoms with Crippen LogP contribution >= 0.6 is 11.6 Å². The highest BCUT2D eigenvalue weighted by atomic mass is 35.5. The van der Waals surface area contributed by atoms with E-state index in [-0.39, 0.29) is 16.6 Å². The number of rotatable bonds is 6. The summed E-state index contributed by atoms with van der Waals surface area (Å²) < 4.78 is 22.9. The molecule has 0 heterocycles. The average molecular weight is 366 g/mol. The van der Waals surface area contributed by atoms with Crippen molar-refractivity contribution in [3.8, 4) is 5.75 Å². The van der Waals surface area contributed by atoms with E-state index in [1.54, 1.807) is 26.2 Å². The molecule has 5 nitrogen and oxygen atoms in total. The molecular weight excluding hydrogens is 349 g/mol. The Kier molecular flexibility index (Phi) is 6.36. The number of carbonyl (C=O) groups excluding carboxylic acids is 2. The van der Waals surface area contributed by atoms with Gasteiger partial charge in [-0.05, 0) is 42.8 Å². The highest BCUT2D eigenvalue weighted by Crippen LogP contribution is 2.19. The SMILES string of the molecule is COc1ccc([C@@H](C)NC(=O)COC(=O)c2ccc(F)cc2Cl)cc1. The lowest BCUT2D eigenvalue weighted by Gasteiger charge is -2.15. The average Bonchev–Trinajstić information content (AvgIpc) is 2.59. The van der Waals surface area contributed by atoms with Crippen molar-refractivity contribution in [2.75, 3.05) is 13.7 Å². The quantitative estimate of drug-likeness (QED) is 0.795. The zero-order valence-corrected chi connectivity index (χ0v) is 14.5. The molecule has 132 valence electrons. The Hall–Kier alpha value is -2.60. The van der Waals surface area contributed by atoms with Crippen molar-refractivity contribution in [1.29, 1.82) is 0 Å². The highest BCUT2D eigenvalue weighted by molar-refractivity contribution is 6.33. The number of methoxy groups -OCH3 is 1. The van der Waals surface area contributed by atoms with Crippen LogP contribution in [-0.4, -0.2) is 25.6 Å². The van der Waals surface area contributed by atoms with E-state index < -0.39 is 24.3 Å². The molecule has 0 aliphatic rings. The molecule has 0 aliphatic carbocycles. The molecule has 25 heavy (non-hydrogen) atoms. The molecule has 2 aromatic rings. The van der Waals surface area contributed by atoms with Gasteiger partial charge in [-0.25, -0.2) is 9.18 Å². The maximum absolute atomic E-state index is 13.0. The second-order valence-corrected chi connectivity index (χ2v) is 5.67. The molecule has 7 heteroatoms. The van der Waals surface area contributed by atoms with Gasteiger partial charge in [-0.1, -0.05) is 23.7 Å². The van der Waals surface area contributed by atoms with Gasteiger partial charge in [-0.2, -0.15) is 0 Å². The Morgan fingerprint density at radius 1 is 1.20 bits per heavy atom. The Morgan fingerprint density at radius 3 is 2.48 bits per heavy atom. The molecule has 0 saturated carbocycles. The number of hydrogen-bond acceptors (Lipinski definition) is 4. The zero-order valence-electron chi connectivity index (χ0n) is 13.7. The van der Waals surface area contributed by atoms with E-state index in [1.165, 1.54) is 6.07 Å². The minimum atomic E-state index is -0.794. The van der Waals surface area contributed by atoms with E-state index >= 15 is 0 Å². The molecule has 0 aliphatic heterocycles. The molecule has 0 unspecified atom stereocenters. The van der Waals surface area contributed by atoms with E-state index in [9.17, 15) is 14.0 Å². The van der Waals surface area contributed by atoms with Crippen LogP contribution in [0.3, 0.4) is 0 Å². The van der Waals surface area contributed by atoms with Gasteiger partial charge in [-0.15, -0.1) is 0 Å². The van der Waals surface area contributed by atoms with E-state index in [0.29, 0.717) is 5.75 Å². The van der Waals surface area contributed by atoms with Crippen LogP contribution in [0.5, 0.6) is 5.75 Å². The molecule has 2 rings (SSSR count). The van der Waals surface area contributed by atoms with Crippen LogP contribution in [0.1, 0.15) is 28.9 Å². The van der Waals surface area contributed by atoms with Gasteiger partial charge in [0, 0.05) is 0 Å². The number of esters is 1. The van der Waals surface area contributed by atoms with E-state index in [4.69, 9.17) is 21.1 Å². The summed E-state index contributed by atoms with van der Waals surface area (Å²) in [4.78, 5) is 23.8. The molecule has 2 aromatic carbocycles. The summed E-state index contributed by atoms with van der Waals surface area (Å²) in [5.74, 6) is -1.10. The lowest BCUT2D eigenvalue weighted by Crippen LogP contribution is -2.31. The second kappa shape index (κ2) is 8.48. The minimum absolute atomic E-state index is 0.000862. The molecular formula is C18H17ClFNO4. The Morgan fingerprint density at radius 2 is 1.88 bits per heavy atom.